The van der Waals surface area contributed by atoms with Crippen molar-refractivity contribution in [3.63, 3.8) is 0 Å². The molecule has 1 atom stereocenters. The summed E-state index contributed by atoms with van der Waals surface area (Å²) in [5, 5.41) is 2.73. The Balaban J connectivity index is 1.91. The highest BCUT2D eigenvalue weighted by atomic mass is 19.1. The molecule has 1 saturated heterocycles. The van der Waals surface area contributed by atoms with Crippen LogP contribution in [0.5, 0.6) is 5.75 Å². The Hall–Kier alpha value is -2.11. The molecule has 2 aliphatic rings. The lowest BCUT2D eigenvalue weighted by atomic mass is 10.1. The van der Waals surface area contributed by atoms with Crippen LogP contribution in [-0.4, -0.2) is 31.5 Å². The zero-order valence-electron chi connectivity index (χ0n) is 11.1. The fourth-order valence-corrected chi connectivity index (χ4v) is 2.45. The molecule has 0 radical (unpaired) electrons. The van der Waals surface area contributed by atoms with Crippen LogP contribution in [0.4, 0.5) is 10.1 Å². The van der Waals surface area contributed by atoms with Crippen LogP contribution in [-0.2, 0) is 9.59 Å². The van der Waals surface area contributed by atoms with Crippen molar-refractivity contribution in [2.45, 2.75) is 18.9 Å². The molecule has 5 nitrogen and oxygen atoms in total. The quantitative estimate of drug-likeness (QED) is 0.900. The van der Waals surface area contributed by atoms with E-state index in [0.29, 0.717) is 5.69 Å². The maximum Gasteiger partial charge on any atom is 0.250 e. The van der Waals surface area contributed by atoms with Crippen LogP contribution in [0, 0.1) is 11.7 Å². The maximum atomic E-state index is 13.4. The highest BCUT2D eigenvalue weighted by Gasteiger charge is 2.43. The summed E-state index contributed by atoms with van der Waals surface area (Å²) in [6, 6.07) is 3.71. The van der Waals surface area contributed by atoms with Gasteiger partial charge in [-0.05, 0) is 30.9 Å². The summed E-state index contributed by atoms with van der Waals surface area (Å²) in [6.45, 7) is -0.0448. The Labute approximate surface area is 115 Å². The molecule has 0 spiro atoms. The lowest BCUT2D eigenvalue weighted by Crippen LogP contribution is -2.59. The lowest BCUT2D eigenvalue weighted by Gasteiger charge is -2.32. The third-order valence-electron chi connectivity index (χ3n) is 3.69. The zero-order valence-corrected chi connectivity index (χ0v) is 11.1. The normalized spacial score (nSPS) is 22.7. The summed E-state index contributed by atoms with van der Waals surface area (Å²) in [5.74, 6) is -0.532. The summed E-state index contributed by atoms with van der Waals surface area (Å²) in [5.41, 5.74) is 0.480. The van der Waals surface area contributed by atoms with Crippen LogP contribution in [0.2, 0.25) is 0 Å². The number of halogens is 1. The maximum absolute atomic E-state index is 13.4. The van der Waals surface area contributed by atoms with Gasteiger partial charge in [0.05, 0.1) is 7.11 Å². The number of anilines is 1. The molecule has 1 aromatic carbocycles. The topological polar surface area (TPSA) is 58.6 Å². The first-order chi connectivity index (χ1) is 9.60. The monoisotopic (exact) mass is 278 g/mol. The number of carbonyl (C=O) groups is 2. The molecule has 2 amide bonds. The van der Waals surface area contributed by atoms with Crippen molar-refractivity contribution >= 4 is 17.5 Å². The second kappa shape index (κ2) is 4.77. The number of piperazine rings is 1. The minimum absolute atomic E-state index is 0.0448. The average molecular weight is 278 g/mol. The third kappa shape index (κ3) is 2.21. The van der Waals surface area contributed by atoms with Gasteiger partial charge in [0.25, 0.3) is 0 Å². The van der Waals surface area contributed by atoms with E-state index in [2.05, 4.69) is 5.32 Å². The Morgan fingerprint density at radius 3 is 2.75 bits per heavy atom. The number of ether oxygens (including phenoxy) is 1. The molecule has 1 aliphatic heterocycles. The van der Waals surface area contributed by atoms with Gasteiger partial charge in [-0.3, -0.25) is 9.59 Å². The summed E-state index contributed by atoms with van der Waals surface area (Å²) >= 11 is 0. The first kappa shape index (κ1) is 12.9. The Morgan fingerprint density at radius 2 is 2.10 bits per heavy atom. The van der Waals surface area contributed by atoms with Gasteiger partial charge in [0.1, 0.15) is 12.6 Å². The van der Waals surface area contributed by atoms with E-state index in [1.807, 2.05) is 0 Å². The molecule has 6 heteroatoms. The molecule has 2 fully saturated rings. The molecule has 106 valence electrons. The van der Waals surface area contributed by atoms with Crippen LogP contribution in [0.25, 0.3) is 0 Å². The molecule has 20 heavy (non-hydrogen) atoms. The van der Waals surface area contributed by atoms with E-state index < -0.39 is 11.9 Å². The second-order valence-electron chi connectivity index (χ2n) is 5.13. The Kier molecular flexibility index (Phi) is 3.08. The zero-order chi connectivity index (χ0) is 14.3. The molecule has 3 rings (SSSR count). The molecule has 0 bridgehead atoms. The molecular weight excluding hydrogens is 263 g/mol. The summed E-state index contributed by atoms with van der Waals surface area (Å²) in [4.78, 5) is 25.6. The number of hydrogen-bond donors (Lipinski definition) is 1. The number of hydrogen-bond acceptors (Lipinski definition) is 3. The van der Waals surface area contributed by atoms with E-state index in [0.717, 1.165) is 12.8 Å². The van der Waals surface area contributed by atoms with Crippen molar-refractivity contribution in [3.05, 3.63) is 24.0 Å². The largest absolute Gasteiger partial charge is 0.494 e. The van der Waals surface area contributed by atoms with Crippen LogP contribution in [0.1, 0.15) is 12.8 Å². The number of rotatable bonds is 3. The molecule has 1 unspecified atom stereocenters. The summed E-state index contributed by atoms with van der Waals surface area (Å²) in [7, 11) is 1.36. The van der Waals surface area contributed by atoms with Crippen molar-refractivity contribution in [1.29, 1.82) is 0 Å². The molecular formula is C14H15FN2O3. The number of methoxy groups -OCH3 is 1. The molecule has 1 aliphatic carbocycles. The van der Waals surface area contributed by atoms with Gasteiger partial charge in [-0.2, -0.15) is 0 Å². The summed E-state index contributed by atoms with van der Waals surface area (Å²) < 4.78 is 18.3. The van der Waals surface area contributed by atoms with E-state index >= 15 is 0 Å². The van der Waals surface area contributed by atoms with Gasteiger partial charge in [-0.15, -0.1) is 0 Å². The van der Waals surface area contributed by atoms with E-state index in [9.17, 15) is 14.0 Å². The van der Waals surface area contributed by atoms with Crippen LogP contribution >= 0.6 is 0 Å². The number of nitrogens with zero attached hydrogens (tertiary/aromatic N) is 1. The fraction of sp³-hybridized carbons (Fsp3) is 0.429. The van der Waals surface area contributed by atoms with Crippen LogP contribution < -0.4 is 15.0 Å². The minimum atomic E-state index is -0.496. The van der Waals surface area contributed by atoms with Crippen molar-refractivity contribution in [1.82, 2.24) is 5.32 Å². The van der Waals surface area contributed by atoms with Gasteiger partial charge in [-0.1, -0.05) is 0 Å². The van der Waals surface area contributed by atoms with Gasteiger partial charge >= 0.3 is 0 Å². The number of nitrogens with one attached hydrogen (secondary N) is 1. The summed E-state index contributed by atoms with van der Waals surface area (Å²) in [6.07, 6.45) is 1.91. The molecule has 0 aromatic heterocycles. The highest BCUT2D eigenvalue weighted by Crippen LogP contribution is 2.35. The van der Waals surface area contributed by atoms with Gasteiger partial charge in [-0.25, -0.2) is 4.39 Å². The predicted octanol–water partition coefficient (Wildman–Crippen LogP) is 1.08. The molecule has 1 saturated carbocycles. The number of amides is 2. The highest BCUT2D eigenvalue weighted by molar-refractivity contribution is 6.06. The van der Waals surface area contributed by atoms with Crippen molar-refractivity contribution in [2.24, 2.45) is 5.92 Å². The average Bonchev–Trinajstić information content (AvgIpc) is 3.26. The Bertz CT molecular complexity index is 572. The number of carbonyl (C=O) groups excluding carboxylic acids is 2. The lowest BCUT2D eigenvalue weighted by molar-refractivity contribution is -0.131. The standard InChI is InChI=1S/C14H15FN2O3/c1-20-11-6-9(4-5-10(11)15)17-7-12(18)16-13(14(17)19)8-2-3-8/h4-6,8,13H,2-3,7H2,1H3,(H,16,18). The van der Waals surface area contributed by atoms with Gasteiger partial charge < -0.3 is 15.0 Å². The SMILES string of the molecule is COc1cc(N2CC(=O)NC(C3CC3)C2=O)ccc1F. The van der Waals surface area contributed by atoms with E-state index in [4.69, 9.17) is 4.74 Å². The Morgan fingerprint density at radius 1 is 1.35 bits per heavy atom. The van der Waals surface area contributed by atoms with Crippen LogP contribution in [0.15, 0.2) is 18.2 Å². The molecule has 1 N–H and O–H groups in total. The van der Waals surface area contributed by atoms with Crippen molar-refractivity contribution in [2.75, 3.05) is 18.6 Å². The number of benzene rings is 1. The first-order valence-electron chi connectivity index (χ1n) is 6.54. The van der Waals surface area contributed by atoms with Gasteiger partial charge in [0, 0.05) is 11.8 Å². The minimum Gasteiger partial charge on any atom is -0.494 e. The predicted molar refractivity (Wildman–Crippen MR) is 70.0 cm³/mol. The first-order valence-corrected chi connectivity index (χ1v) is 6.54. The van der Waals surface area contributed by atoms with Gasteiger partial charge in [0.2, 0.25) is 11.8 Å². The second-order valence-corrected chi connectivity index (χ2v) is 5.13. The van der Waals surface area contributed by atoms with Crippen LogP contribution in [0.3, 0.4) is 0 Å². The van der Waals surface area contributed by atoms with Crippen molar-refractivity contribution in [3.8, 4) is 5.75 Å². The molecule has 1 aromatic rings. The smallest absolute Gasteiger partial charge is 0.250 e. The third-order valence-corrected chi connectivity index (χ3v) is 3.69. The molecule has 1 heterocycles. The van der Waals surface area contributed by atoms with E-state index in [1.54, 1.807) is 0 Å². The van der Waals surface area contributed by atoms with Crippen molar-refractivity contribution < 1.29 is 18.7 Å². The van der Waals surface area contributed by atoms with Gasteiger partial charge in [0.15, 0.2) is 11.6 Å². The fourth-order valence-electron chi connectivity index (χ4n) is 2.45. The van der Waals surface area contributed by atoms with E-state index in [-0.39, 0.29) is 30.0 Å². The van der Waals surface area contributed by atoms with E-state index in [1.165, 1.54) is 30.2 Å².